The molecule has 1 aliphatic rings. The third kappa shape index (κ3) is 3.74. The van der Waals surface area contributed by atoms with Crippen LogP contribution in [0.15, 0.2) is 47.1 Å². The van der Waals surface area contributed by atoms with Gasteiger partial charge < -0.3 is 19.2 Å². The first-order valence-corrected chi connectivity index (χ1v) is 7.68. The Morgan fingerprint density at radius 3 is 2.83 bits per heavy atom. The number of amides is 1. The Hall–Kier alpha value is -2.69. The van der Waals surface area contributed by atoms with Gasteiger partial charge in [0.15, 0.2) is 11.5 Å². The molecule has 120 valence electrons. The van der Waals surface area contributed by atoms with Gasteiger partial charge in [-0.05, 0) is 42.3 Å². The number of rotatable bonds is 5. The van der Waals surface area contributed by atoms with Crippen LogP contribution in [-0.4, -0.2) is 19.1 Å². The van der Waals surface area contributed by atoms with Gasteiger partial charge in [-0.1, -0.05) is 13.0 Å². The fourth-order valence-corrected chi connectivity index (χ4v) is 2.46. The van der Waals surface area contributed by atoms with Gasteiger partial charge in [0.05, 0.1) is 12.3 Å². The van der Waals surface area contributed by atoms with Crippen LogP contribution in [0.3, 0.4) is 0 Å². The molecule has 0 radical (unpaired) electrons. The number of carbonyl (C=O) groups excluding carboxylic acids is 1. The number of benzene rings is 1. The van der Waals surface area contributed by atoms with E-state index >= 15 is 0 Å². The van der Waals surface area contributed by atoms with Crippen LogP contribution >= 0.6 is 0 Å². The lowest BCUT2D eigenvalue weighted by molar-refractivity contribution is -0.117. The summed E-state index contributed by atoms with van der Waals surface area (Å²) in [7, 11) is 0. The summed E-state index contributed by atoms with van der Waals surface area (Å²) in [5, 5.41) is 2.99. The SMILES string of the molecule is CCC(NC(=O)/C=C/c1ccco1)c1ccc2c(c1)OCCO2. The van der Waals surface area contributed by atoms with Gasteiger partial charge in [-0.15, -0.1) is 0 Å². The number of hydrogen-bond donors (Lipinski definition) is 1. The molecule has 1 aliphatic heterocycles. The molecule has 1 N–H and O–H groups in total. The molecule has 1 aromatic heterocycles. The average Bonchev–Trinajstić information content (AvgIpc) is 3.11. The molecule has 1 unspecified atom stereocenters. The molecule has 2 aromatic rings. The maximum atomic E-state index is 12.1. The number of ether oxygens (including phenoxy) is 2. The van der Waals surface area contributed by atoms with E-state index in [4.69, 9.17) is 13.9 Å². The highest BCUT2D eigenvalue weighted by molar-refractivity contribution is 5.91. The van der Waals surface area contributed by atoms with Gasteiger partial charge in [-0.25, -0.2) is 0 Å². The highest BCUT2D eigenvalue weighted by Gasteiger charge is 2.16. The summed E-state index contributed by atoms with van der Waals surface area (Å²) in [6.07, 6.45) is 5.47. The van der Waals surface area contributed by atoms with Crippen molar-refractivity contribution < 1.29 is 18.7 Å². The molecular weight excluding hydrogens is 294 g/mol. The van der Waals surface area contributed by atoms with Gasteiger partial charge in [-0.2, -0.15) is 0 Å². The Morgan fingerprint density at radius 2 is 2.09 bits per heavy atom. The first kappa shape index (κ1) is 15.2. The topological polar surface area (TPSA) is 60.7 Å². The highest BCUT2D eigenvalue weighted by atomic mass is 16.6. The summed E-state index contributed by atoms with van der Waals surface area (Å²) in [5.41, 5.74) is 0.997. The third-order valence-electron chi connectivity index (χ3n) is 3.64. The number of fused-ring (bicyclic) bond motifs is 1. The van der Waals surface area contributed by atoms with Gasteiger partial charge in [0, 0.05) is 6.08 Å². The van der Waals surface area contributed by atoms with Crippen LogP contribution < -0.4 is 14.8 Å². The quantitative estimate of drug-likeness (QED) is 0.860. The zero-order valence-electron chi connectivity index (χ0n) is 13.0. The normalized spacial score (nSPS) is 14.7. The van der Waals surface area contributed by atoms with Crippen molar-refractivity contribution in [1.82, 2.24) is 5.32 Å². The van der Waals surface area contributed by atoms with E-state index < -0.39 is 0 Å². The minimum Gasteiger partial charge on any atom is -0.486 e. The Morgan fingerprint density at radius 1 is 1.26 bits per heavy atom. The van der Waals surface area contributed by atoms with E-state index in [0.29, 0.717) is 19.0 Å². The van der Waals surface area contributed by atoms with Crippen molar-refractivity contribution in [2.75, 3.05) is 13.2 Å². The van der Waals surface area contributed by atoms with Gasteiger partial charge >= 0.3 is 0 Å². The van der Waals surface area contributed by atoms with Crippen molar-refractivity contribution in [3.63, 3.8) is 0 Å². The molecule has 5 heteroatoms. The lowest BCUT2D eigenvalue weighted by atomic mass is 10.0. The standard InChI is InChI=1S/C18H19NO4/c1-2-15(19-18(20)8-6-14-4-3-9-21-14)13-5-7-16-17(12-13)23-11-10-22-16/h3-9,12,15H,2,10-11H2,1H3,(H,19,20)/b8-6+. The van der Waals surface area contributed by atoms with E-state index in [2.05, 4.69) is 5.32 Å². The molecule has 1 aromatic carbocycles. The van der Waals surface area contributed by atoms with Gasteiger partial charge in [-0.3, -0.25) is 4.79 Å². The van der Waals surface area contributed by atoms with Crippen molar-refractivity contribution >= 4 is 12.0 Å². The Kier molecular flexibility index (Phi) is 4.66. The Bertz CT molecular complexity index is 691. The van der Waals surface area contributed by atoms with Crippen molar-refractivity contribution in [2.45, 2.75) is 19.4 Å². The van der Waals surface area contributed by atoms with Crippen molar-refractivity contribution in [2.24, 2.45) is 0 Å². The Balaban J connectivity index is 1.68. The Labute approximate surface area is 134 Å². The van der Waals surface area contributed by atoms with E-state index in [-0.39, 0.29) is 11.9 Å². The molecule has 2 heterocycles. The minimum atomic E-state index is -0.164. The lowest BCUT2D eigenvalue weighted by Gasteiger charge is -2.22. The van der Waals surface area contributed by atoms with Crippen molar-refractivity contribution in [1.29, 1.82) is 0 Å². The maximum Gasteiger partial charge on any atom is 0.244 e. The molecule has 3 rings (SSSR count). The number of hydrogen-bond acceptors (Lipinski definition) is 4. The van der Waals surface area contributed by atoms with Gasteiger partial charge in [0.2, 0.25) is 5.91 Å². The smallest absolute Gasteiger partial charge is 0.244 e. The first-order chi connectivity index (χ1) is 11.3. The van der Waals surface area contributed by atoms with Crippen molar-refractivity contribution in [3.05, 3.63) is 54.0 Å². The summed E-state index contributed by atoms with van der Waals surface area (Å²) < 4.78 is 16.3. The van der Waals surface area contributed by atoms with Crippen LogP contribution in [-0.2, 0) is 4.79 Å². The molecule has 0 aliphatic carbocycles. The van der Waals surface area contributed by atoms with E-state index in [9.17, 15) is 4.79 Å². The molecule has 0 saturated heterocycles. The van der Waals surface area contributed by atoms with Gasteiger partial charge in [0.1, 0.15) is 19.0 Å². The molecule has 0 spiro atoms. The summed E-state index contributed by atoms with van der Waals surface area (Å²) >= 11 is 0. The molecule has 1 atom stereocenters. The van der Waals surface area contributed by atoms with Crippen LogP contribution in [0.1, 0.15) is 30.7 Å². The van der Waals surface area contributed by atoms with E-state index in [0.717, 1.165) is 23.5 Å². The molecule has 0 fully saturated rings. The van der Waals surface area contributed by atoms with Crippen LogP contribution in [0.25, 0.3) is 6.08 Å². The van der Waals surface area contributed by atoms with E-state index in [1.807, 2.05) is 25.1 Å². The second-order valence-corrected chi connectivity index (χ2v) is 5.22. The average molecular weight is 313 g/mol. The lowest BCUT2D eigenvalue weighted by Crippen LogP contribution is -2.26. The molecule has 23 heavy (non-hydrogen) atoms. The second-order valence-electron chi connectivity index (χ2n) is 5.22. The van der Waals surface area contributed by atoms with Crippen LogP contribution in [0.2, 0.25) is 0 Å². The second kappa shape index (κ2) is 7.05. The third-order valence-corrected chi connectivity index (χ3v) is 3.64. The predicted octanol–water partition coefficient (Wildman–Crippen LogP) is 3.33. The number of nitrogens with one attached hydrogen (secondary N) is 1. The van der Waals surface area contributed by atoms with Crippen molar-refractivity contribution in [3.8, 4) is 11.5 Å². The fourth-order valence-electron chi connectivity index (χ4n) is 2.46. The fraction of sp³-hybridized carbons (Fsp3) is 0.278. The zero-order valence-corrected chi connectivity index (χ0v) is 13.0. The van der Waals surface area contributed by atoms with E-state index in [1.54, 1.807) is 24.5 Å². The maximum absolute atomic E-state index is 12.1. The van der Waals surface area contributed by atoms with E-state index in [1.165, 1.54) is 6.08 Å². The zero-order chi connectivity index (χ0) is 16.1. The number of furan rings is 1. The largest absolute Gasteiger partial charge is 0.486 e. The summed E-state index contributed by atoms with van der Waals surface area (Å²) in [6.45, 7) is 3.14. The van der Waals surface area contributed by atoms with Crippen LogP contribution in [0, 0.1) is 0 Å². The summed E-state index contributed by atoms with van der Waals surface area (Å²) in [4.78, 5) is 12.1. The summed E-state index contributed by atoms with van der Waals surface area (Å²) in [5.74, 6) is 1.96. The molecule has 5 nitrogen and oxygen atoms in total. The monoisotopic (exact) mass is 313 g/mol. The highest BCUT2D eigenvalue weighted by Crippen LogP contribution is 2.33. The summed E-state index contributed by atoms with van der Waals surface area (Å²) in [6, 6.07) is 9.26. The van der Waals surface area contributed by atoms with Crippen LogP contribution in [0.5, 0.6) is 11.5 Å². The minimum absolute atomic E-state index is 0.0837. The molecule has 1 amide bonds. The van der Waals surface area contributed by atoms with Crippen LogP contribution in [0.4, 0.5) is 0 Å². The molecular formula is C18H19NO4. The predicted molar refractivity (Wildman–Crippen MR) is 86.3 cm³/mol. The molecule has 0 saturated carbocycles. The first-order valence-electron chi connectivity index (χ1n) is 7.68. The number of carbonyl (C=O) groups is 1. The molecule has 0 bridgehead atoms. The van der Waals surface area contributed by atoms with Gasteiger partial charge in [0.25, 0.3) is 0 Å².